The third kappa shape index (κ3) is 5.71. The minimum Gasteiger partial charge on any atom is -0.310 e. The van der Waals surface area contributed by atoms with E-state index in [1.807, 2.05) is 35.6 Å². The molecule has 4 saturated carbocycles. The zero-order chi connectivity index (χ0) is 42.1. The molecule has 1 spiro atoms. The van der Waals surface area contributed by atoms with Crippen LogP contribution in [0, 0.1) is 49.2 Å². The number of benzene rings is 8. The Kier molecular flexibility index (Phi) is 8.19. The molecule has 0 saturated heterocycles. The number of halogens is 2. The van der Waals surface area contributed by atoms with Gasteiger partial charge in [0.15, 0.2) is 0 Å². The number of nitrogens with zero attached hydrogens (tertiary/aromatic N) is 2. The standard InChI is InChI=1S/C58H46F2N2S/c1-34-5-3-7-46(21-34)61(44-15-10-42(59)11-16-44)48-14-9-38-29-51-52-32-53-50-20-19-49(62(45-17-12-43(60)13-18-45)47-8-4-6-35(2)22-47)31-56(50)63-57(53)33-55(52)58(54(51)30-39(38)28-48)40-24-36-23-37(26-40)27-41(58)25-36/h3-22,28-33,36-37,40-41H,23-27H2,1-2H3. The van der Waals surface area contributed by atoms with Crippen LogP contribution in [0.5, 0.6) is 0 Å². The Labute approximate surface area is 371 Å². The lowest BCUT2D eigenvalue weighted by atomic mass is 9.43. The van der Waals surface area contributed by atoms with Crippen molar-refractivity contribution < 1.29 is 8.78 Å². The molecule has 5 heteroatoms. The zero-order valence-electron chi connectivity index (χ0n) is 35.4. The van der Waals surface area contributed by atoms with Gasteiger partial charge < -0.3 is 9.80 Å². The topological polar surface area (TPSA) is 6.48 Å². The first-order chi connectivity index (χ1) is 30.8. The lowest BCUT2D eigenvalue weighted by Gasteiger charge is -2.61. The van der Waals surface area contributed by atoms with Crippen molar-refractivity contribution in [2.24, 2.45) is 23.7 Å². The van der Waals surface area contributed by atoms with Gasteiger partial charge in [-0.2, -0.15) is 0 Å². The van der Waals surface area contributed by atoms with Crippen molar-refractivity contribution in [1.82, 2.24) is 0 Å². The number of aryl methyl sites for hydroxylation is 2. The third-order valence-corrected chi connectivity index (χ3v) is 16.5. The van der Waals surface area contributed by atoms with E-state index in [2.05, 4.69) is 133 Å². The predicted molar refractivity (Wildman–Crippen MR) is 259 cm³/mol. The second-order valence-electron chi connectivity index (χ2n) is 19.1. The summed E-state index contributed by atoms with van der Waals surface area (Å²) in [5, 5.41) is 5.09. The maximum Gasteiger partial charge on any atom is 0.123 e. The molecule has 14 rings (SSSR count). The molecular weight excluding hydrogens is 795 g/mol. The van der Waals surface area contributed by atoms with Crippen molar-refractivity contribution >= 4 is 76.4 Å². The number of thiophene rings is 1. The smallest absolute Gasteiger partial charge is 0.123 e. The summed E-state index contributed by atoms with van der Waals surface area (Å²) in [6.07, 6.45) is 6.70. The van der Waals surface area contributed by atoms with Gasteiger partial charge >= 0.3 is 0 Å². The molecule has 9 aromatic rings. The van der Waals surface area contributed by atoms with Gasteiger partial charge in [0.05, 0.1) is 0 Å². The van der Waals surface area contributed by atoms with Gasteiger partial charge in [0.2, 0.25) is 0 Å². The average molecular weight is 841 g/mol. The molecule has 0 N–H and O–H groups in total. The lowest BCUT2D eigenvalue weighted by Crippen LogP contribution is -2.55. The highest BCUT2D eigenvalue weighted by atomic mass is 32.1. The van der Waals surface area contributed by atoms with Crippen molar-refractivity contribution in [3.8, 4) is 11.1 Å². The fraction of sp³-hybridized carbons (Fsp3) is 0.207. The summed E-state index contributed by atoms with van der Waals surface area (Å²) in [6, 6.07) is 54.8. The Balaban J connectivity index is 0.986. The highest BCUT2D eigenvalue weighted by Crippen LogP contribution is 2.70. The second-order valence-corrected chi connectivity index (χ2v) is 20.2. The number of fused-ring (bicyclic) bond motifs is 7. The van der Waals surface area contributed by atoms with E-state index in [0.717, 1.165) is 46.0 Å². The molecule has 4 fully saturated rings. The van der Waals surface area contributed by atoms with Crippen LogP contribution >= 0.6 is 11.3 Å². The van der Waals surface area contributed by atoms with Crippen LogP contribution < -0.4 is 9.80 Å². The van der Waals surface area contributed by atoms with Crippen LogP contribution in [0.3, 0.4) is 0 Å². The Hall–Kier alpha value is -6.30. The van der Waals surface area contributed by atoms with Crippen LogP contribution in [-0.2, 0) is 5.41 Å². The molecule has 0 unspecified atom stereocenters. The van der Waals surface area contributed by atoms with Gasteiger partial charge in [0.25, 0.3) is 0 Å². The van der Waals surface area contributed by atoms with Gasteiger partial charge in [-0.25, -0.2) is 8.78 Å². The van der Waals surface area contributed by atoms with Crippen LogP contribution in [0.25, 0.3) is 42.1 Å². The maximum atomic E-state index is 14.3. The van der Waals surface area contributed by atoms with Crippen molar-refractivity contribution in [2.75, 3.05) is 9.80 Å². The largest absolute Gasteiger partial charge is 0.310 e. The van der Waals surface area contributed by atoms with Crippen molar-refractivity contribution in [3.05, 3.63) is 192 Å². The van der Waals surface area contributed by atoms with E-state index in [9.17, 15) is 8.78 Å². The van der Waals surface area contributed by atoms with E-state index in [4.69, 9.17) is 0 Å². The summed E-state index contributed by atoms with van der Waals surface area (Å²) < 4.78 is 31.1. The molecule has 4 bridgehead atoms. The van der Waals surface area contributed by atoms with E-state index in [1.165, 1.54) is 90.9 Å². The Morgan fingerprint density at radius 2 is 0.952 bits per heavy atom. The van der Waals surface area contributed by atoms with Gasteiger partial charge in [-0.15, -0.1) is 11.3 Å². The lowest BCUT2D eigenvalue weighted by molar-refractivity contribution is -0.0398. The summed E-state index contributed by atoms with van der Waals surface area (Å²) in [5.41, 5.74) is 14.4. The summed E-state index contributed by atoms with van der Waals surface area (Å²) in [4.78, 5) is 4.50. The molecule has 5 aliphatic carbocycles. The molecule has 8 aromatic carbocycles. The minimum atomic E-state index is -0.237. The number of anilines is 6. The molecule has 0 aliphatic heterocycles. The van der Waals surface area contributed by atoms with Gasteiger partial charge in [-0.3, -0.25) is 0 Å². The van der Waals surface area contributed by atoms with Crippen molar-refractivity contribution in [1.29, 1.82) is 0 Å². The van der Waals surface area contributed by atoms with Gasteiger partial charge in [-0.05, 0) is 235 Å². The first kappa shape index (κ1) is 37.3. The summed E-state index contributed by atoms with van der Waals surface area (Å²) in [6.45, 7) is 4.24. The normalized spacial score (nSPS) is 21.7. The Morgan fingerprint density at radius 3 is 1.56 bits per heavy atom. The Morgan fingerprint density at radius 1 is 0.444 bits per heavy atom. The zero-order valence-corrected chi connectivity index (χ0v) is 36.2. The number of rotatable bonds is 6. The number of hydrogen-bond donors (Lipinski definition) is 0. The van der Waals surface area contributed by atoms with E-state index >= 15 is 0 Å². The molecule has 1 heterocycles. The van der Waals surface area contributed by atoms with E-state index in [1.54, 1.807) is 29.8 Å². The van der Waals surface area contributed by atoms with Gasteiger partial charge in [0, 0.05) is 59.7 Å². The fourth-order valence-corrected chi connectivity index (χ4v) is 14.2. The van der Waals surface area contributed by atoms with E-state index in [0.29, 0.717) is 11.8 Å². The molecule has 308 valence electrons. The first-order valence-electron chi connectivity index (χ1n) is 22.6. The number of hydrogen-bond acceptors (Lipinski definition) is 3. The quantitative estimate of drug-likeness (QED) is 0.165. The second kappa shape index (κ2) is 13.8. The summed E-state index contributed by atoms with van der Waals surface area (Å²) in [5.74, 6) is 2.49. The monoisotopic (exact) mass is 840 g/mol. The SMILES string of the molecule is Cc1cccc(N(c2ccc(F)cc2)c2ccc3cc4c(cc3c2)C2(c3cc5sc6cc(N(c7ccc(F)cc7)c7cccc(C)c7)ccc6c5cc3-4)C3CC4CC(C3)CC2C4)c1. The fourth-order valence-electron chi connectivity index (χ4n) is 13.1. The van der Waals surface area contributed by atoms with Crippen LogP contribution in [-0.4, -0.2) is 0 Å². The van der Waals surface area contributed by atoms with Crippen molar-refractivity contribution in [3.63, 3.8) is 0 Å². The first-order valence-corrected chi connectivity index (χ1v) is 23.4. The summed E-state index contributed by atoms with van der Waals surface area (Å²) >= 11 is 1.91. The highest BCUT2D eigenvalue weighted by Gasteiger charge is 2.61. The average Bonchev–Trinajstić information content (AvgIpc) is 3.77. The predicted octanol–water partition coefficient (Wildman–Crippen LogP) is 16.8. The van der Waals surface area contributed by atoms with Crippen LogP contribution in [0.15, 0.2) is 158 Å². The summed E-state index contributed by atoms with van der Waals surface area (Å²) in [7, 11) is 0. The molecule has 0 amide bonds. The van der Waals surface area contributed by atoms with Crippen LogP contribution in [0.2, 0.25) is 0 Å². The molecule has 0 atom stereocenters. The van der Waals surface area contributed by atoms with Gasteiger partial charge in [0.1, 0.15) is 11.6 Å². The van der Waals surface area contributed by atoms with E-state index < -0.39 is 0 Å². The van der Waals surface area contributed by atoms with Crippen LogP contribution in [0.4, 0.5) is 42.9 Å². The molecule has 0 radical (unpaired) electrons. The molecular formula is C58H46F2N2S. The minimum absolute atomic E-state index is 0.00442. The van der Waals surface area contributed by atoms with Crippen molar-refractivity contribution in [2.45, 2.75) is 51.4 Å². The third-order valence-electron chi connectivity index (χ3n) is 15.4. The molecule has 1 aromatic heterocycles. The van der Waals surface area contributed by atoms with Crippen LogP contribution in [0.1, 0.15) is 54.4 Å². The van der Waals surface area contributed by atoms with E-state index in [-0.39, 0.29) is 17.0 Å². The molecule has 5 aliphatic rings. The highest BCUT2D eigenvalue weighted by molar-refractivity contribution is 7.25. The molecule has 2 nitrogen and oxygen atoms in total. The van der Waals surface area contributed by atoms with Gasteiger partial charge in [-0.1, -0.05) is 36.4 Å². The molecule has 63 heavy (non-hydrogen) atoms. The Bertz CT molecular complexity index is 3280. The maximum absolute atomic E-state index is 14.3.